The van der Waals surface area contributed by atoms with Crippen molar-refractivity contribution in [1.82, 2.24) is 0 Å². The maximum atomic E-state index is 5.86. The van der Waals surface area contributed by atoms with Gasteiger partial charge in [0.05, 0.1) is 11.6 Å². The van der Waals surface area contributed by atoms with Crippen LogP contribution in [0.1, 0.15) is 11.1 Å². The number of ether oxygens (including phenoxy) is 2. The van der Waals surface area contributed by atoms with Gasteiger partial charge in [-0.2, -0.15) is 0 Å². The zero-order valence-electron chi connectivity index (χ0n) is 11.9. The van der Waals surface area contributed by atoms with Crippen LogP contribution in [-0.4, -0.2) is 12.3 Å². The third kappa shape index (κ3) is 4.44. The fraction of sp³-hybridized carbons (Fsp3) is 0.188. The fourth-order valence-electron chi connectivity index (χ4n) is 1.81. The third-order valence-electron chi connectivity index (χ3n) is 2.91. The van der Waals surface area contributed by atoms with Crippen molar-refractivity contribution >= 4 is 39.0 Å². The molecule has 110 valence electrons. The number of hydrogen-bond acceptors (Lipinski definition) is 3. The van der Waals surface area contributed by atoms with Gasteiger partial charge in [-0.25, -0.2) is 0 Å². The highest BCUT2D eigenvalue weighted by Gasteiger charge is 2.06. The lowest BCUT2D eigenvalue weighted by Gasteiger charge is -2.13. The summed E-state index contributed by atoms with van der Waals surface area (Å²) in [4.78, 5) is 0. The Kier molecular flexibility index (Phi) is 5.59. The highest BCUT2D eigenvalue weighted by Crippen LogP contribution is 2.27. The van der Waals surface area contributed by atoms with Crippen molar-refractivity contribution in [2.75, 3.05) is 12.4 Å². The van der Waals surface area contributed by atoms with E-state index in [0.717, 1.165) is 21.5 Å². The Morgan fingerprint density at radius 1 is 1.24 bits per heavy atom. The zero-order chi connectivity index (χ0) is 15.2. The smallest absolute Gasteiger partial charge is 0.260 e. The third-order valence-corrected chi connectivity index (χ3v) is 3.80. The van der Waals surface area contributed by atoms with Crippen LogP contribution in [0.5, 0.6) is 5.75 Å². The number of thiocarbonyl (C=S) groups is 1. The molecule has 0 aliphatic carbocycles. The van der Waals surface area contributed by atoms with Crippen molar-refractivity contribution in [2.45, 2.75) is 13.5 Å². The molecule has 0 aromatic heterocycles. The molecule has 0 bridgehead atoms. The van der Waals surface area contributed by atoms with E-state index in [-0.39, 0.29) is 0 Å². The molecule has 0 saturated carbocycles. The first kappa shape index (κ1) is 15.8. The normalized spacial score (nSPS) is 10.0. The summed E-state index contributed by atoms with van der Waals surface area (Å²) in [7, 11) is 1.54. The van der Waals surface area contributed by atoms with Crippen molar-refractivity contribution in [3.63, 3.8) is 0 Å². The van der Waals surface area contributed by atoms with Crippen LogP contribution in [0.25, 0.3) is 0 Å². The molecule has 3 nitrogen and oxygen atoms in total. The maximum absolute atomic E-state index is 5.86. The SMILES string of the molecule is COC(=S)Nc1ccccc1COc1ccc(C)cc1Br. The molecule has 0 aliphatic rings. The molecule has 2 aromatic rings. The summed E-state index contributed by atoms with van der Waals surface area (Å²) < 4.78 is 11.8. The summed E-state index contributed by atoms with van der Waals surface area (Å²) in [6.45, 7) is 2.48. The van der Waals surface area contributed by atoms with Crippen molar-refractivity contribution in [3.05, 3.63) is 58.1 Å². The number of benzene rings is 2. The van der Waals surface area contributed by atoms with Gasteiger partial charge < -0.3 is 14.8 Å². The minimum Gasteiger partial charge on any atom is -0.488 e. The Morgan fingerprint density at radius 3 is 2.71 bits per heavy atom. The lowest BCUT2D eigenvalue weighted by atomic mass is 10.2. The van der Waals surface area contributed by atoms with Crippen LogP contribution in [0, 0.1) is 6.92 Å². The van der Waals surface area contributed by atoms with Crippen LogP contribution >= 0.6 is 28.1 Å². The van der Waals surface area contributed by atoms with E-state index in [0.29, 0.717) is 11.8 Å². The van der Waals surface area contributed by atoms with Gasteiger partial charge in [0.25, 0.3) is 5.17 Å². The fourth-order valence-corrected chi connectivity index (χ4v) is 2.53. The van der Waals surface area contributed by atoms with E-state index in [4.69, 9.17) is 21.7 Å². The van der Waals surface area contributed by atoms with Gasteiger partial charge in [0.15, 0.2) is 0 Å². The molecule has 0 spiro atoms. The second-order valence-electron chi connectivity index (χ2n) is 4.50. The Bertz CT molecular complexity index is 646. The van der Waals surface area contributed by atoms with E-state index in [1.807, 2.05) is 49.4 Å². The molecule has 2 rings (SSSR count). The van der Waals surface area contributed by atoms with Crippen LogP contribution in [0.4, 0.5) is 5.69 Å². The quantitative estimate of drug-likeness (QED) is 0.796. The summed E-state index contributed by atoms with van der Waals surface area (Å²) >= 11 is 8.54. The van der Waals surface area contributed by atoms with Crippen molar-refractivity contribution in [1.29, 1.82) is 0 Å². The molecule has 0 amide bonds. The highest BCUT2D eigenvalue weighted by molar-refractivity contribution is 9.10. The maximum Gasteiger partial charge on any atom is 0.260 e. The molecule has 0 aliphatic heterocycles. The standard InChI is InChI=1S/C16H16BrNO2S/c1-11-7-8-15(13(17)9-11)20-10-12-5-3-4-6-14(12)18-16(21)19-2/h3-9H,10H2,1-2H3,(H,18,21). The summed E-state index contributed by atoms with van der Waals surface area (Å²) in [6.07, 6.45) is 0. The van der Waals surface area contributed by atoms with Gasteiger partial charge in [-0.15, -0.1) is 0 Å². The van der Waals surface area contributed by atoms with Crippen LogP contribution in [0.3, 0.4) is 0 Å². The minimum absolute atomic E-state index is 0.332. The summed E-state index contributed by atoms with van der Waals surface area (Å²) in [5.74, 6) is 0.810. The highest BCUT2D eigenvalue weighted by atomic mass is 79.9. The van der Waals surface area contributed by atoms with E-state index < -0.39 is 0 Å². The number of aryl methyl sites for hydroxylation is 1. The first-order chi connectivity index (χ1) is 10.1. The van der Waals surface area contributed by atoms with E-state index in [9.17, 15) is 0 Å². The van der Waals surface area contributed by atoms with Gasteiger partial charge >= 0.3 is 0 Å². The molecule has 0 saturated heterocycles. The van der Waals surface area contributed by atoms with Crippen molar-refractivity contribution < 1.29 is 9.47 Å². The van der Waals surface area contributed by atoms with Gasteiger partial charge in [0, 0.05) is 11.3 Å². The molecule has 21 heavy (non-hydrogen) atoms. The number of hydrogen-bond donors (Lipinski definition) is 1. The molecular weight excluding hydrogens is 350 g/mol. The molecule has 5 heteroatoms. The zero-order valence-corrected chi connectivity index (χ0v) is 14.3. The topological polar surface area (TPSA) is 30.5 Å². The second-order valence-corrected chi connectivity index (χ2v) is 5.72. The number of rotatable bonds is 4. The Balaban J connectivity index is 2.11. The largest absolute Gasteiger partial charge is 0.488 e. The Morgan fingerprint density at radius 2 is 2.00 bits per heavy atom. The van der Waals surface area contributed by atoms with E-state index in [1.165, 1.54) is 12.7 Å². The van der Waals surface area contributed by atoms with E-state index in [1.54, 1.807) is 0 Å². The molecule has 0 radical (unpaired) electrons. The molecule has 0 heterocycles. The lowest BCUT2D eigenvalue weighted by Crippen LogP contribution is -2.12. The summed E-state index contributed by atoms with van der Waals surface area (Å²) in [5.41, 5.74) is 3.07. The van der Waals surface area contributed by atoms with E-state index >= 15 is 0 Å². The number of halogens is 1. The summed E-state index contributed by atoms with van der Waals surface area (Å²) in [6, 6.07) is 13.8. The molecule has 0 unspecified atom stereocenters. The van der Waals surface area contributed by atoms with Gasteiger partial charge in [0.1, 0.15) is 12.4 Å². The summed E-state index contributed by atoms with van der Waals surface area (Å²) in [5, 5.41) is 3.37. The first-order valence-corrected chi connectivity index (χ1v) is 7.62. The Hall–Kier alpha value is -1.59. The van der Waals surface area contributed by atoms with Crippen LogP contribution in [0.2, 0.25) is 0 Å². The average molecular weight is 366 g/mol. The average Bonchev–Trinajstić information content (AvgIpc) is 2.47. The van der Waals surface area contributed by atoms with Crippen molar-refractivity contribution in [2.24, 2.45) is 0 Å². The first-order valence-electron chi connectivity index (χ1n) is 6.42. The molecule has 2 aromatic carbocycles. The number of nitrogens with one attached hydrogen (secondary N) is 1. The van der Waals surface area contributed by atoms with Gasteiger partial charge in [-0.3, -0.25) is 0 Å². The van der Waals surface area contributed by atoms with E-state index in [2.05, 4.69) is 21.2 Å². The van der Waals surface area contributed by atoms with Gasteiger partial charge in [-0.05, 0) is 58.8 Å². The number of para-hydroxylation sites is 1. The monoisotopic (exact) mass is 365 g/mol. The predicted octanol–water partition coefficient (Wildman–Crippen LogP) is 4.68. The molecular formula is C16H16BrNO2S. The van der Waals surface area contributed by atoms with Gasteiger partial charge in [0.2, 0.25) is 0 Å². The lowest BCUT2D eigenvalue weighted by molar-refractivity contribution is 0.305. The minimum atomic E-state index is 0.332. The van der Waals surface area contributed by atoms with Crippen LogP contribution < -0.4 is 10.1 Å². The van der Waals surface area contributed by atoms with Gasteiger partial charge in [-0.1, -0.05) is 24.3 Å². The molecule has 0 atom stereocenters. The Labute approximate surface area is 138 Å². The van der Waals surface area contributed by atoms with Crippen LogP contribution in [0.15, 0.2) is 46.9 Å². The predicted molar refractivity (Wildman–Crippen MR) is 92.9 cm³/mol. The molecule has 0 fully saturated rings. The van der Waals surface area contributed by atoms with Crippen molar-refractivity contribution in [3.8, 4) is 5.75 Å². The second kappa shape index (κ2) is 7.43. The number of anilines is 1. The number of methoxy groups -OCH3 is 1. The molecule has 1 N–H and O–H groups in total. The van der Waals surface area contributed by atoms with Crippen LogP contribution in [-0.2, 0) is 11.3 Å².